The molecule has 0 spiro atoms. The number of aliphatic hydroxyl groups is 2. The summed E-state index contributed by atoms with van der Waals surface area (Å²) in [6.07, 6.45) is 1.48. The molecule has 1 aliphatic rings. The predicted octanol–water partition coefficient (Wildman–Crippen LogP) is 1.99. The number of aromatic nitrogens is 1. The molecule has 14 heteroatoms. The highest BCUT2D eigenvalue weighted by Gasteiger charge is 2.29. The largest absolute Gasteiger partial charge is 0.496 e. The molecule has 2 unspecified atom stereocenters. The van der Waals surface area contributed by atoms with Crippen LogP contribution in [0.15, 0.2) is 48.8 Å². The highest BCUT2D eigenvalue weighted by molar-refractivity contribution is 7.16. The summed E-state index contributed by atoms with van der Waals surface area (Å²) >= 11 is 1.40. The van der Waals surface area contributed by atoms with Crippen LogP contribution in [0, 0.1) is 11.3 Å². The number of carboxylic acid groups (broad SMARTS) is 2. The summed E-state index contributed by atoms with van der Waals surface area (Å²) in [4.78, 5) is 51.8. The van der Waals surface area contributed by atoms with Crippen LogP contribution in [0.4, 0.5) is 5.00 Å². The van der Waals surface area contributed by atoms with Crippen molar-refractivity contribution in [2.45, 2.75) is 50.9 Å². The van der Waals surface area contributed by atoms with Gasteiger partial charge in [-0.2, -0.15) is 5.26 Å². The van der Waals surface area contributed by atoms with E-state index >= 15 is 0 Å². The molecule has 2 aromatic heterocycles. The molecule has 3 heterocycles. The number of ether oxygens (including phenoxy) is 1. The lowest BCUT2D eigenvalue weighted by Gasteiger charge is -2.27. The number of nitriles is 1. The van der Waals surface area contributed by atoms with Gasteiger partial charge in [-0.15, -0.1) is 11.3 Å². The van der Waals surface area contributed by atoms with Crippen molar-refractivity contribution in [1.29, 1.82) is 5.26 Å². The van der Waals surface area contributed by atoms with Crippen molar-refractivity contribution in [1.82, 2.24) is 9.88 Å². The SMILES string of the molecule is COc1ccccc1CCC(=O)Nc1sc2c(c1C#N)CCN(C(=O)CCc1cccnc1)C2.O=C(O)C(O)C(O)C(=O)O. The van der Waals surface area contributed by atoms with E-state index in [1.54, 1.807) is 19.5 Å². The van der Waals surface area contributed by atoms with Crippen LogP contribution in [0.3, 0.4) is 0 Å². The van der Waals surface area contributed by atoms with E-state index in [1.807, 2.05) is 41.3 Å². The number of methoxy groups -OCH3 is 1. The third-order valence-corrected chi connectivity index (χ3v) is 7.88. The van der Waals surface area contributed by atoms with Crippen LogP contribution in [-0.4, -0.2) is 79.9 Å². The lowest BCUT2D eigenvalue weighted by atomic mass is 10.0. The number of carbonyl (C=O) groups is 4. The Morgan fingerprint density at radius 1 is 1.07 bits per heavy atom. The van der Waals surface area contributed by atoms with E-state index < -0.39 is 24.1 Å². The molecular formula is C30H32N4O9S. The number of carbonyl (C=O) groups excluding carboxylic acids is 2. The topological polar surface area (TPSA) is 210 Å². The zero-order valence-corrected chi connectivity index (χ0v) is 24.6. The van der Waals surface area contributed by atoms with Gasteiger partial charge in [0.15, 0.2) is 12.2 Å². The van der Waals surface area contributed by atoms with Crippen LogP contribution in [0.5, 0.6) is 5.75 Å². The number of pyridine rings is 1. The van der Waals surface area contributed by atoms with Crippen molar-refractivity contribution in [3.05, 3.63) is 75.9 Å². The highest BCUT2D eigenvalue weighted by Crippen LogP contribution is 2.37. The van der Waals surface area contributed by atoms with Crippen LogP contribution < -0.4 is 10.1 Å². The second kappa shape index (κ2) is 16.1. The normalized spacial score (nSPS) is 13.3. The number of rotatable bonds is 11. The standard InChI is InChI=1S/C26H26N4O3S.C4H6O6/c1-33-22-7-3-2-6-19(22)9-10-24(31)29-26-21(15-27)20-12-14-30(17-23(20)34-26)25(32)11-8-18-5-4-13-28-16-18;5-1(3(7)8)2(6)4(9)10/h2-7,13,16H,8-12,14,17H2,1H3,(H,29,31);1-2,5-6H,(H,7,8)(H,9,10). The number of carboxylic acids is 2. The van der Waals surface area contributed by atoms with Gasteiger partial charge < -0.3 is 35.4 Å². The van der Waals surface area contributed by atoms with Crippen molar-refractivity contribution >= 4 is 40.1 Å². The molecule has 0 saturated carbocycles. The number of nitrogens with zero attached hydrogens (tertiary/aromatic N) is 3. The maximum atomic E-state index is 12.8. The number of aliphatic hydroxyl groups excluding tert-OH is 2. The number of hydrogen-bond donors (Lipinski definition) is 5. The molecular weight excluding hydrogens is 592 g/mol. The zero-order valence-electron chi connectivity index (χ0n) is 23.8. The Morgan fingerprint density at radius 3 is 2.39 bits per heavy atom. The smallest absolute Gasteiger partial charge is 0.335 e. The van der Waals surface area contributed by atoms with Gasteiger partial charge in [-0.1, -0.05) is 24.3 Å². The first-order chi connectivity index (χ1) is 21.0. The van der Waals surface area contributed by atoms with E-state index in [0.29, 0.717) is 49.3 Å². The van der Waals surface area contributed by atoms with Crippen molar-refractivity contribution < 1.29 is 44.3 Å². The number of aliphatic carboxylic acids is 2. The number of benzene rings is 1. The number of nitrogens with one attached hydrogen (secondary N) is 1. The predicted molar refractivity (Wildman–Crippen MR) is 158 cm³/mol. The van der Waals surface area contributed by atoms with Gasteiger partial charge in [0.25, 0.3) is 0 Å². The molecule has 5 N–H and O–H groups in total. The maximum Gasteiger partial charge on any atom is 0.335 e. The minimum absolute atomic E-state index is 0.0869. The summed E-state index contributed by atoms with van der Waals surface area (Å²) in [6.45, 7) is 1.04. The number of para-hydroxylation sites is 1. The fourth-order valence-electron chi connectivity index (χ4n) is 4.40. The lowest BCUT2D eigenvalue weighted by molar-refractivity contribution is -0.165. The quantitative estimate of drug-likeness (QED) is 0.208. The molecule has 0 fully saturated rings. The van der Waals surface area contributed by atoms with Crippen molar-refractivity contribution in [2.24, 2.45) is 0 Å². The minimum Gasteiger partial charge on any atom is -0.496 e. The van der Waals surface area contributed by atoms with E-state index in [0.717, 1.165) is 27.3 Å². The van der Waals surface area contributed by atoms with Crippen molar-refractivity contribution in [2.75, 3.05) is 19.0 Å². The lowest BCUT2D eigenvalue weighted by Crippen LogP contribution is -2.39. The number of aryl methyl sites for hydroxylation is 2. The molecule has 3 aromatic rings. The Kier molecular flexibility index (Phi) is 12.3. The van der Waals surface area contributed by atoms with Gasteiger partial charge in [0, 0.05) is 36.7 Å². The summed E-state index contributed by atoms with van der Waals surface area (Å²) in [7, 11) is 1.61. The Labute approximate surface area is 257 Å². The molecule has 0 saturated heterocycles. The molecule has 0 bridgehead atoms. The van der Waals surface area contributed by atoms with E-state index in [2.05, 4.69) is 16.4 Å². The van der Waals surface area contributed by atoms with E-state index in [1.165, 1.54) is 11.3 Å². The molecule has 0 aliphatic carbocycles. The first-order valence-corrected chi connectivity index (χ1v) is 14.3. The van der Waals surface area contributed by atoms with Crippen molar-refractivity contribution in [3.63, 3.8) is 0 Å². The fraction of sp³-hybridized carbons (Fsp3) is 0.333. The van der Waals surface area contributed by atoms with Gasteiger partial charge in [-0.05, 0) is 48.1 Å². The Hall–Kier alpha value is -4.84. The summed E-state index contributed by atoms with van der Waals surface area (Å²) in [5.41, 5.74) is 3.47. The second-order valence-electron chi connectivity index (χ2n) is 9.67. The Morgan fingerprint density at radius 2 is 1.77 bits per heavy atom. The fourth-order valence-corrected chi connectivity index (χ4v) is 5.62. The molecule has 1 aromatic carbocycles. The van der Waals surface area contributed by atoms with Gasteiger partial charge in [-0.25, -0.2) is 9.59 Å². The monoisotopic (exact) mass is 624 g/mol. The summed E-state index contributed by atoms with van der Waals surface area (Å²) < 4.78 is 5.35. The second-order valence-corrected chi connectivity index (χ2v) is 10.8. The summed E-state index contributed by atoms with van der Waals surface area (Å²) in [6, 6.07) is 13.7. The van der Waals surface area contributed by atoms with Crippen LogP contribution in [0.25, 0.3) is 0 Å². The number of hydrogen-bond acceptors (Lipinski definition) is 10. The molecule has 232 valence electrons. The molecule has 44 heavy (non-hydrogen) atoms. The van der Waals surface area contributed by atoms with Crippen LogP contribution in [0.2, 0.25) is 0 Å². The first-order valence-electron chi connectivity index (χ1n) is 13.5. The average molecular weight is 625 g/mol. The zero-order chi connectivity index (χ0) is 32.2. The van der Waals surface area contributed by atoms with Gasteiger partial charge in [-0.3, -0.25) is 14.6 Å². The number of anilines is 1. The number of fused-ring (bicyclic) bond motifs is 1. The molecule has 2 atom stereocenters. The van der Waals surface area contributed by atoms with E-state index in [9.17, 15) is 24.4 Å². The number of amides is 2. The van der Waals surface area contributed by atoms with Crippen molar-refractivity contribution in [3.8, 4) is 11.8 Å². The maximum absolute atomic E-state index is 12.8. The van der Waals surface area contributed by atoms with Gasteiger partial charge in [0.1, 0.15) is 16.8 Å². The first kappa shape index (κ1) is 33.7. The summed E-state index contributed by atoms with van der Waals surface area (Å²) in [5.74, 6) is -2.84. The van der Waals surface area contributed by atoms with E-state index in [-0.39, 0.29) is 18.2 Å². The summed E-state index contributed by atoms with van der Waals surface area (Å²) in [5, 5.41) is 45.8. The van der Waals surface area contributed by atoms with E-state index in [4.69, 9.17) is 25.2 Å². The van der Waals surface area contributed by atoms with Crippen LogP contribution in [0.1, 0.15) is 40.0 Å². The molecule has 2 amide bonds. The minimum atomic E-state index is -2.27. The van der Waals surface area contributed by atoms with Crippen LogP contribution >= 0.6 is 11.3 Å². The van der Waals surface area contributed by atoms with Crippen LogP contribution in [-0.2, 0) is 45.0 Å². The molecule has 4 rings (SSSR count). The Balaban J connectivity index is 0.000000456. The average Bonchev–Trinajstić information content (AvgIpc) is 3.38. The molecule has 13 nitrogen and oxygen atoms in total. The van der Waals surface area contributed by atoms with Gasteiger partial charge in [0.2, 0.25) is 11.8 Å². The van der Waals surface area contributed by atoms with Gasteiger partial charge >= 0.3 is 11.9 Å². The third kappa shape index (κ3) is 9.08. The third-order valence-electron chi connectivity index (χ3n) is 6.74. The van der Waals surface area contributed by atoms with Gasteiger partial charge in [0.05, 0.1) is 19.2 Å². The Bertz CT molecular complexity index is 1500. The molecule has 1 aliphatic heterocycles. The molecule has 0 radical (unpaired) electrons. The number of thiophene rings is 1. The highest BCUT2D eigenvalue weighted by atomic mass is 32.1.